The van der Waals surface area contributed by atoms with E-state index in [1.165, 1.54) is 17.0 Å². The van der Waals surface area contributed by atoms with Gasteiger partial charge in [-0.25, -0.2) is 0 Å². The molecule has 0 bridgehead atoms. The number of benzene rings is 1. The van der Waals surface area contributed by atoms with Crippen molar-refractivity contribution in [2.24, 2.45) is 5.92 Å². The van der Waals surface area contributed by atoms with Crippen molar-refractivity contribution in [1.29, 1.82) is 0 Å². The van der Waals surface area contributed by atoms with Gasteiger partial charge in [0.15, 0.2) is 0 Å². The second-order valence-corrected chi connectivity index (χ2v) is 4.67. The summed E-state index contributed by atoms with van der Waals surface area (Å²) in [4.78, 5) is 24.6. The van der Waals surface area contributed by atoms with Crippen molar-refractivity contribution in [1.82, 2.24) is 4.90 Å². The van der Waals surface area contributed by atoms with Gasteiger partial charge in [-0.3, -0.25) is 9.59 Å². The van der Waals surface area contributed by atoms with Crippen LogP contribution in [0.5, 0.6) is 11.5 Å². The fraction of sp³-hybridized carbons (Fsp3) is 0.385. The van der Waals surface area contributed by atoms with E-state index in [-0.39, 0.29) is 29.5 Å². The zero-order valence-electron chi connectivity index (χ0n) is 10.2. The maximum absolute atomic E-state index is 12.2. The Morgan fingerprint density at radius 1 is 1.16 bits per heavy atom. The van der Waals surface area contributed by atoms with Crippen molar-refractivity contribution in [3.05, 3.63) is 23.8 Å². The average Bonchev–Trinajstić information content (AvgIpc) is 2.37. The minimum atomic E-state index is -0.906. The summed E-state index contributed by atoms with van der Waals surface area (Å²) in [5, 5.41) is 27.7. The molecule has 3 N–H and O–H groups in total. The van der Waals surface area contributed by atoms with E-state index in [2.05, 4.69) is 0 Å². The Labute approximate surface area is 109 Å². The van der Waals surface area contributed by atoms with Crippen LogP contribution in [0, 0.1) is 5.92 Å². The van der Waals surface area contributed by atoms with Gasteiger partial charge >= 0.3 is 5.97 Å². The molecule has 1 saturated heterocycles. The van der Waals surface area contributed by atoms with Crippen LogP contribution < -0.4 is 0 Å². The smallest absolute Gasteiger partial charge is 0.308 e. The maximum Gasteiger partial charge on any atom is 0.308 e. The zero-order valence-corrected chi connectivity index (χ0v) is 10.2. The van der Waals surface area contributed by atoms with Crippen LogP contribution in [0.4, 0.5) is 0 Å². The predicted molar refractivity (Wildman–Crippen MR) is 66.0 cm³/mol. The minimum Gasteiger partial charge on any atom is -0.508 e. The average molecular weight is 265 g/mol. The van der Waals surface area contributed by atoms with E-state index in [1.54, 1.807) is 0 Å². The molecule has 102 valence electrons. The molecular weight excluding hydrogens is 250 g/mol. The van der Waals surface area contributed by atoms with Gasteiger partial charge in [0.2, 0.25) is 0 Å². The molecule has 1 aliphatic rings. The first-order valence-corrected chi connectivity index (χ1v) is 6.02. The number of hydrogen-bond acceptors (Lipinski definition) is 4. The summed E-state index contributed by atoms with van der Waals surface area (Å²) in [7, 11) is 0. The molecule has 1 fully saturated rings. The summed E-state index contributed by atoms with van der Waals surface area (Å²) in [6.07, 6.45) is 1.19. The van der Waals surface area contributed by atoms with Gasteiger partial charge in [0, 0.05) is 24.7 Å². The SMILES string of the molecule is O=C(O)[C@@H]1CCCN(C(=O)c2cc(O)cc(O)c2)C1. The molecule has 19 heavy (non-hydrogen) atoms. The van der Waals surface area contributed by atoms with Gasteiger partial charge in [-0.15, -0.1) is 0 Å². The lowest BCUT2D eigenvalue weighted by Crippen LogP contribution is -2.42. The molecule has 1 aliphatic heterocycles. The number of amides is 1. The number of piperidine rings is 1. The molecular formula is C13H15NO5. The number of phenols is 2. The monoisotopic (exact) mass is 265 g/mol. The molecule has 1 aromatic carbocycles. The molecule has 0 radical (unpaired) electrons. The molecule has 1 heterocycles. The summed E-state index contributed by atoms with van der Waals surface area (Å²) < 4.78 is 0. The van der Waals surface area contributed by atoms with Gasteiger partial charge < -0.3 is 20.2 Å². The third-order valence-corrected chi connectivity index (χ3v) is 3.21. The molecule has 2 rings (SSSR count). The van der Waals surface area contributed by atoms with Crippen molar-refractivity contribution >= 4 is 11.9 Å². The second-order valence-electron chi connectivity index (χ2n) is 4.67. The normalized spacial score (nSPS) is 19.2. The summed E-state index contributed by atoms with van der Waals surface area (Å²) >= 11 is 0. The van der Waals surface area contributed by atoms with Crippen molar-refractivity contribution < 1.29 is 24.9 Å². The first-order valence-electron chi connectivity index (χ1n) is 6.02. The van der Waals surface area contributed by atoms with Crippen LogP contribution in [0.1, 0.15) is 23.2 Å². The Kier molecular flexibility index (Phi) is 3.59. The highest BCUT2D eigenvalue weighted by Gasteiger charge is 2.28. The van der Waals surface area contributed by atoms with Crippen LogP contribution in [-0.2, 0) is 4.79 Å². The van der Waals surface area contributed by atoms with Gasteiger partial charge in [0.25, 0.3) is 5.91 Å². The van der Waals surface area contributed by atoms with Crippen LogP contribution in [0.3, 0.4) is 0 Å². The fourth-order valence-corrected chi connectivity index (χ4v) is 2.26. The molecule has 0 unspecified atom stereocenters. The largest absolute Gasteiger partial charge is 0.508 e. The van der Waals surface area contributed by atoms with Gasteiger partial charge in [0.1, 0.15) is 11.5 Å². The van der Waals surface area contributed by atoms with Crippen LogP contribution >= 0.6 is 0 Å². The molecule has 1 aromatic rings. The molecule has 0 spiro atoms. The summed E-state index contributed by atoms with van der Waals surface area (Å²) in [6.45, 7) is 0.642. The lowest BCUT2D eigenvalue weighted by atomic mass is 9.97. The van der Waals surface area contributed by atoms with E-state index in [0.717, 1.165) is 6.07 Å². The van der Waals surface area contributed by atoms with E-state index in [1.807, 2.05) is 0 Å². The standard InChI is InChI=1S/C13H15NO5/c15-10-4-9(5-11(16)6-10)12(17)14-3-1-2-8(7-14)13(18)19/h4-6,8,15-16H,1-3,7H2,(H,18,19)/t8-/m1/s1. The molecule has 0 saturated carbocycles. The van der Waals surface area contributed by atoms with E-state index >= 15 is 0 Å². The van der Waals surface area contributed by atoms with Gasteiger partial charge in [-0.05, 0) is 25.0 Å². The fourth-order valence-electron chi connectivity index (χ4n) is 2.26. The third-order valence-electron chi connectivity index (χ3n) is 3.21. The zero-order chi connectivity index (χ0) is 14.0. The third kappa shape index (κ3) is 2.96. The van der Waals surface area contributed by atoms with Crippen molar-refractivity contribution in [2.75, 3.05) is 13.1 Å². The van der Waals surface area contributed by atoms with Crippen molar-refractivity contribution in [2.45, 2.75) is 12.8 Å². The van der Waals surface area contributed by atoms with Crippen LogP contribution in [0.2, 0.25) is 0 Å². The number of nitrogens with zero attached hydrogens (tertiary/aromatic N) is 1. The highest BCUT2D eigenvalue weighted by atomic mass is 16.4. The van der Waals surface area contributed by atoms with Crippen molar-refractivity contribution in [3.8, 4) is 11.5 Å². The highest BCUT2D eigenvalue weighted by molar-refractivity contribution is 5.95. The van der Waals surface area contributed by atoms with E-state index in [0.29, 0.717) is 19.4 Å². The molecule has 1 atom stereocenters. The Bertz CT molecular complexity index is 494. The Morgan fingerprint density at radius 2 is 1.79 bits per heavy atom. The number of carbonyl (C=O) groups excluding carboxylic acids is 1. The highest BCUT2D eigenvalue weighted by Crippen LogP contribution is 2.24. The summed E-state index contributed by atoms with van der Waals surface area (Å²) in [5.41, 5.74) is 0.156. The first kappa shape index (κ1) is 13.2. The summed E-state index contributed by atoms with van der Waals surface area (Å²) in [6, 6.07) is 3.64. The van der Waals surface area contributed by atoms with Crippen LogP contribution in [0.15, 0.2) is 18.2 Å². The Morgan fingerprint density at radius 3 is 2.37 bits per heavy atom. The number of carbonyl (C=O) groups is 2. The summed E-state index contributed by atoms with van der Waals surface area (Å²) in [5.74, 6) is -2.23. The molecule has 0 aromatic heterocycles. The number of aliphatic carboxylic acids is 1. The van der Waals surface area contributed by atoms with Gasteiger partial charge in [0.05, 0.1) is 5.92 Å². The lowest BCUT2D eigenvalue weighted by Gasteiger charge is -2.30. The van der Waals surface area contributed by atoms with Gasteiger partial charge in [-0.1, -0.05) is 0 Å². The number of carboxylic acid groups (broad SMARTS) is 1. The van der Waals surface area contributed by atoms with Crippen LogP contribution in [0.25, 0.3) is 0 Å². The number of carboxylic acids is 1. The van der Waals surface area contributed by atoms with E-state index in [4.69, 9.17) is 5.11 Å². The predicted octanol–water partition coefficient (Wildman–Crippen LogP) is 1.03. The first-order chi connectivity index (χ1) is 8.97. The van der Waals surface area contributed by atoms with E-state index in [9.17, 15) is 19.8 Å². The topological polar surface area (TPSA) is 98.1 Å². The quantitative estimate of drug-likeness (QED) is 0.742. The Balaban J connectivity index is 2.16. The lowest BCUT2D eigenvalue weighted by molar-refractivity contribution is -0.143. The number of likely N-dealkylation sites (tertiary alicyclic amines) is 1. The molecule has 6 heteroatoms. The molecule has 1 amide bonds. The van der Waals surface area contributed by atoms with Crippen LogP contribution in [-0.4, -0.2) is 45.2 Å². The number of hydrogen-bond donors (Lipinski definition) is 3. The number of aromatic hydroxyl groups is 2. The molecule has 6 nitrogen and oxygen atoms in total. The van der Waals surface area contributed by atoms with Gasteiger partial charge in [-0.2, -0.15) is 0 Å². The van der Waals surface area contributed by atoms with Crippen molar-refractivity contribution in [3.63, 3.8) is 0 Å². The minimum absolute atomic E-state index is 0.156. The Hall–Kier alpha value is -2.24. The number of rotatable bonds is 2. The maximum atomic E-state index is 12.2. The second kappa shape index (κ2) is 5.17. The number of phenolic OH excluding ortho intramolecular Hbond substituents is 2. The van der Waals surface area contributed by atoms with E-state index < -0.39 is 11.9 Å². The molecule has 0 aliphatic carbocycles.